The number of aromatic nitrogens is 8. The van der Waals surface area contributed by atoms with Crippen LogP contribution in [0.3, 0.4) is 0 Å². The SMILES string of the molecule is Cc1ncnc2c1ncn2[C@H]1CC(OC(=O)c2ccccc2)[C@@H](CO)O1.O=C(Nc1ncnc2c1ncn2[C@H]1CC(OC(=O)c2ccccc2)[C@@H](CO)O1)c1ccccc1. The first-order valence-corrected chi connectivity index (χ1v) is 19.0. The third-order valence-corrected chi connectivity index (χ3v) is 10.0. The summed E-state index contributed by atoms with van der Waals surface area (Å²) in [5, 5.41) is 22.2. The number of nitrogens with one attached hydrogen (secondary N) is 1. The van der Waals surface area contributed by atoms with Gasteiger partial charge in [-0.3, -0.25) is 13.9 Å². The molecule has 0 saturated carbocycles. The molecule has 18 heteroatoms. The third-order valence-electron chi connectivity index (χ3n) is 10.0. The smallest absolute Gasteiger partial charge is 0.338 e. The molecular formula is C42H39N9O9. The highest BCUT2D eigenvalue weighted by atomic mass is 16.6. The van der Waals surface area contributed by atoms with E-state index in [2.05, 4.69) is 35.2 Å². The minimum absolute atomic E-state index is 0.246. The molecule has 9 rings (SSSR count). The van der Waals surface area contributed by atoms with Crippen molar-refractivity contribution in [1.82, 2.24) is 39.0 Å². The Hall–Kier alpha value is -6.99. The summed E-state index contributed by atoms with van der Waals surface area (Å²) < 4.78 is 26.5. The van der Waals surface area contributed by atoms with E-state index in [9.17, 15) is 24.6 Å². The molecule has 0 spiro atoms. The third kappa shape index (κ3) is 8.43. The molecular weight excluding hydrogens is 775 g/mol. The number of nitrogens with zero attached hydrogens (tertiary/aromatic N) is 8. The predicted molar refractivity (Wildman–Crippen MR) is 212 cm³/mol. The molecule has 3 aromatic carbocycles. The normalized spacial score (nSPS) is 21.0. The van der Waals surface area contributed by atoms with Crippen molar-refractivity contribution >= 4 is 46.0 Å². The fourth-order valence-electron chi connectivity index (χ4n) is 6.98. The number of hydrogen-bond acceptors (Lipinski definition) is 15. The average molecular weight is 814 g/mol. The first kappa shape index (κ1) is 39.8. The molecule has 1 amide bonds. The number of aliphatic hydroxyl groups is 2. The van der Waals surface area contributed by atoms with E-state index in [1.54, 1.807) is 88.3 Å². The van der Waals surface area contributed by atoms with Gasteiger partial charge in [-0.15, -0.1) is 0 Å². The summed E-state index contributed by atoms with van der Waals surface area (Å²) in [4.78, 5) is 62.9. The number of esters is 2. The molecule has 6 atom stereocenters. The zero-order valence-corrected chi connectivity index (χ0v) is 32.1. The molecule has 0 radical (unpaired) electrons. The molecule has 4 aromatic heterocycles. The number of amides is 1. The van der Waals surface area contributed by atoms with Gasteiger partial charge in [0.05, 0.1) is 42.7 Å². The highest BCUT2D eigenvalue weighted by molar-refractivity contribution is 6.06. The number of rotatable bonds is 10. The van der Waals surface area contributed by atoms with Gasteiger partial charge in [-0.05, 0) is 43.3 Å². The lowest BCUT2D eigenvalue weighted by molar-refractivity contribution is -0.0500. The highest BCUT2D eigenvalue weighted by Crippen LogP contribution is 2.35. The van der Waals surface area contributed by atoms with E-state index in [1.807, 2.05) is 25.1 Å². The van der Waals surface area contributed by atoms with Crippen molar-refractivity contribution in [3.05, 3.63) is 139 Å². The van der Waals surface area contributed by atoms with Crippen LogP contribution in [0.2, 0.25) is 0 Å². The largest absolute Gasteiger partial charge is 0.456 e. The molecule has 2 aliphatic heterocycles. The van der Waals surface area contributed by atoms with Crippen LogP contribution in [-0.4, -0.2) is 105 Å². The van der Waals surface area contributed by atoms with Crippen LogP contribution in [0.5, 0.6) is 0 Å². The van der Waals surface area contributed by atoms with Crippen LogP contribution in [-0.2, 0) is 18.9 Å². The van der Waals surface area contributed by atoms with E-state index in [1.165, 1.54) is 19.0 Å². The van der Waals surface area contributed by atoms with Gasteiger partial charge in [0.2, 0.25) is 0 Å². The van der Waals surface area contributed by atoms with Crippen molar-refractivity contribution in [3.8, 4) is 0 Å². The van der Waals surface area contributed by atoms with E-state index in [-0.39, 0.29) is 24.9 Å². The van der Waals surface area contributed by atoms with Crippen LogP contribution in [0.15, 0.2) is 116 Å². The number of carbonyl (C=O) groups excluding carboxylic acids is 3. The van der Waals surface area contributed by atoms with E-state index in [0.29, 0.717) is 51.9 Å². The maximum Gasteiger partial charge on any atom is 0.338 e. The van der Waals surface area contributed by atoms with Gasteiger partial charge in [0.1, 0.15) is 55.0 Å². The summed E-state index contributed by atoms with van der Waals surface area (Å²) in [6, 6.07) is 26.2. The lowest BCUT2D eigenvalue weighted by atomic mass is 10.1. The Morgan fingerprint density at radius 2 is 1.08 bits per heavy atom. The molecule has 18 nitrogen and oxygen atoms in total. The van der Waals surface area contributed by atoms with Crippen molar-refractivity contribution in [3.63, 3.8) is 0 Å². The number of imidazole rings is 2. The number of aliphatic hydroxyl groups excluding tert-OH is 2. The summed E-state index contributed by atoms with van der Waals surface area (Å²) in [5.74, 6) is -0.981. The van der Waals surface area contributed by atoms with Crippen molar-refractivity contribution in [2.75, 3.05) is 18.5 Å². The first-order chi connectivity index (χ1) is 29.3. The second-order valence-electron chi connectivity index (χ2n) is 13.9. The molecule has 60 heavy (non-hydrogen) atoms. The number of ether oxygens (including phenoxy) is 4. The zero-order valence-electron chi connectivity index (χ0n) is 32.1. The topological polar surface area (TPSA) is 228 Å². The minimum Gasteiger partial charge on any atom is -0.456 e. The Morgan fingerprint density at radius 3 is 1.58 bits per heavy atom. The number of hydrogen-bond donors (Lipinski definition) is 3. The molecule has 0 bridgehead atoms. The van der Waals surface area contributed by atoms with E-state index < -0.39 is 48.8 Å². The number of anilines is 1. The quantitative estimate of drug-likeness (QED) is 0.164. The standard InChI is InChI=1S/C24H21N5O5.C18H18N4O4/c30-12-18-17(34-24(32)16-9-5-2-6-10-16)11-19(33-18)29-14-27-20-21(25-13-26-22(20)29)28-23(31)15-7-3-1-4-8-15;1-11-16-17(20-9-19-11)22(10-21-16)15-7-13(14(8-23)25-15)26-18(24)12-5-3-2-4-6-12/h1-10,13-14,17-19,30H,11-12H2,(H,25,26,28,31);2-6,9-10,13-15,23H,7-8H2,1H3/t17?,18-,19-;13?,14-,15-/m11/s1. The lowest BCUT2D eigenvalue weighted by Crippen LogP contribution is -2.30. The maximum atomic E-state index is 12.6. The van der Waals surface area contributed by atoms with Gasteiger partial charge in [0, 0.05) is 18.4 Å². The van der Waals surface area contributed by atoms with Crippen LogP contribution in [0.4, 0.5) is 5.82 Å². The van der Waals surface area contributed by atoms with Crippen molar-refractivity contribution in [1.29, 1.82) is 0 Å². The van der Waals surface area contributed by atoms with Crippen molar-refractivity contribution < 1.29 is 43.5 Å². The summed E-state index contributed by atoms with van der Waals surface area (Å²) >= 11 is 0. The van der Waals surface area contributed by atoms with E-state index in [4.69, 9.17) is 18.9 Å². The van der Waals surface area contributed by atoms with Gasteiger partial charge in [-0.25, -0.2) is 39.5 Å². The summed E-state index contributed by atoms with van der Waals surface area (Å²) in [6.45, 7) is 1.30. The zero-order chi connectivity index (χ0) is 41.6. The predicted octanol–water partition coefficient (Wildman–Crippen LogP) is 4.22. The number of fused-ring (bicyclic) bond motifs is 2. The second kappa shape index (κ2) is 17.9. The Bertz CT molecular complexity index is 2590. The van der Waals surface area contributed by atoms with Gasteiger partial charge in [0.25, 0.3) is 5.91 Å². The average Bonchev–Trinajstić information content (AvgIpc) is 4.10. The van der Waals surface area contributed by atoms with Gasteiger partial charge >= 0.3 is 11.9 Å². The fraction of sp³-hybridized carbons (Fsp3) is 0.262. The Kier molecular flexibility index (Phi) is 11.9. The Labute approximate surface area is 341 Å². The monoisotopic (exact) mass is 813 g/mol. The van der Waals surface area contributed by atoms with Crippen molar-refractivity contribution in [2.24, 2.45) is 0 Å². The van der Waals surface area contributed by atoms with Crippen LogP contribution >= 0.6 is 0 Å². The van der Waals surface area contributed by atoms with E-state index in [0.717, 1.165) is 5.69 Å². The molecule has 306 valence electrons. The minimum atomic E-state index is -0.700. The van der Waals surface area contributed by atoms with Crippen LogP contribution < -0.4 is 5.32 Å². The number of aryl methyl sites for hydroxylation is 1. The van der Waals surface area contributed by atoms with E-state index >= 15 is 0 Å². The van der Waals surface area contributed by atoms with Gasteiger partial charge in [0.15, 0.2) is 22.6 Å². The summed E-state index contributed by atoms with van der Waals surface area (Å²) in [7, 11) is 0. The fourth-order valence-corrected chi connectivity index (χ4v) is 6.98. The summed E-state index contributed by atoms with van der Waals surface area (Å²) in [6.07, 6.45) is 3.13. The van der Waals surface area contributed by atoms with Crippen LogP contribution in [0.25, 0.3) is 22.3 Å². The summed E-state index contributed by atoms with van der Waals surface area (Å²) in [5.41, 5.74) is 4.32. The molecule has 2 fully saturated rings. The van der Waals surface area contributed by atoms with Gasteiger partial charge in [-0.1, -0.05) is 54.6 Å². The molecule has 6 heterocycles. The molecule has 2 saturated heterocycles. The molecule has 2 aliphatic rings. The van der Waals surface area contributed by atoms with Crippen LogP contribution in [0, 0.1) is 6.92 Å². The van der Waals surface area contributed by atoms with Gasteiger partial charge < -0.3 is 34.5 Å². The Morgan fingerprint density at radius 1 is 0.633 bits per heavy atom. The Balaban J connectivity index is 0.000000172. The molecule has 7 aromatic rings. The first-order valence-electron chi connectivity index (χ1n) is 19.0. The molecule has 0 aliphatic carbocycles. The van der Waals surface area contributed by atoms with Crippen molar-refractivity contribution in [2.45, 2.75) is 56.6 Å². The van der Waals surface area contributed by atoms with Crippen LogP contribution in [0.1, 0.15) is 62.1 Å². The number of benzene rings is 3. The highest BCUT2D eigenvalue weighted by Gasteiger charge is 2.41. The molecule has 2 unspecified atom stereocenters. The second-order valence-corrected chi connectivity index (χ2v) is 13.9. The van der Waals surface area contributed by atoms with Gasteiger partial charge in [-0.2, -0.15) is 0 Å². The molecule has 3 N–H and O–H groups in total. The number of carbonyl (C=O) groups is 3. The maximum absolute atomic E-state index is 12.6. The lowest BCUT2D eigenvalue weighted by Gasteiger charge is -2.16.